The average Bonchev–Trinajstić information content (AvgIpc) is 3.37. The van der Waals surface area contributed by atoms with Crippen molar-refractivity contribution in [3.8, 4) is 23.9 Å². The van der Waals surface area contributed by atoms with Gasteiger partial charge in [-0.1, -0.05) is 18.1 Å². The highest BCUT2D eigenvalue weighted by atomic mass is 16.5. The van der Waals surface area contributed by atoms with Crippen molar-refractivity contribution in [1.82, 2.24) is 19.8 Å². The standard InChI is InChI=1S/C31H39N7O2/c1-5-8-29(39)38-18-17-37(19-24(38)12-14-32)30-26-13-16-36(28-11-6-9-22(2)23(28)3)20-27(26)33-31(34-30)40-21-25-10-7-15-35(25)4/h6,9,11,24-25H,7,10,12-13,15-21H2,1-4H3/t24-,25-/m0/s1. The molecule has 5 rings (SSSR count). The Kier molecular flexibility index (Phi) is 8.42. The Labute approximate surface area is 237 Å². The predicted octanol–water partition coefficient (Wildman–Crippen LogP) is 3.08. The summed E-state index contributed by atoms with van der Waals surface area (Å²) in [5.74, 6) is 6.00. The third-order valence-corrected chi connectivity index (χ3v) is 8.62. The number of likely N-dealkylation sites (tertiary alicyclic amines) is 1. The molecule has 0 aliphatic carbocycles. The zero-order valence-corrected chi connectivity index (χ0v) is 24.1. The summed E-state index contributed by atoms with van der Waals surface area (Å²) in [4.78, 5) is 31.2. The highest BCUT2D eigenvalue weighted by Crippen LogP contribution is 2.34. The number of ether oxygens (including phenoxy) is 1. The Bertz CT molecular complexity index is 1360. The summed E-state index contributed by atoms with van der Waals surface area (Å²) >= 11 is 0. The van der Waals surface area contributed by atoms with Gasteiger partial charge in [0.05, 0.1) is 30.8 Å². The fourth-order valence-corrected chi connectivity index (χ4v) is 6.13. The molecular weight excluding hydrogens is 502 g/mol. The molecule has 4 heterocycles. The number of nitrogens with zero attached hydrogens (tertiary/aromatic N) is 7. The number of hydrogen-bond donors (Lipinski definition) is 0. The number of aryl methyl sites for hydroxylation is 1. The molecule has 3 aliphatic heterocycles. The quantitative estimate of drug-likeness (QED) is 0.516. The predicted molar refractivity (Wildman–Crippen MR) is 155 cm³/mol. The van der Waals surface area contributed by atoms with Gasteiger partial charge in [-0.2, -0.15) is 15.2 Å². The fraction of sp³-hybridized carbons (Fsp3) is 0.548. The molecule has 1 aromatic heterocycles. The normalized spacial score (nSPS) is 20.9. The van der Waals surface area contributed by atoms with Gasteiger partial charge in [0.2, 0.25) is 0 Å². The second-order valence-electron chi connectivity index (χ2n) is 11.1. The van der Waals surface area contributed by atoms with Crippen molar-refractivity contribution in [3.63, 3.8) is 0 Å². The lowest BCUT2D eigenvalue weighted by atomic mass is 10.0. The molecule has 9 nitrogen and oxygen atoms in total. The second-order valence-corrected chi connectivity index (χ2v) is 11.1. The Morgan fingerprint density at radius 3 is 2.73 bits per heavy atom. The minimum Gasteiger partial charge on any atom is -0.462 e. The van der Waals surface area contributed by atoms with Crippen molar-refractivity contribution in [2.24, 2.45) is 0 Å². The molecule has 210 valence electrons. The molecule has 2 saturated heterocycles. The molecule has 3 aliphatic rings. The van der Waals surface area contributed by atoms with E-state index in [0.717, 1.165) is 43.0 Å². The largest absolute Gasteiger partial charge is 0.462 e. The first-order chi connectivity index (χ1) is 19.4. The van der Waals surface area contributed by atoms with Crippen LogP contribution in [0.3, 0.4) is 0 Å². The molecule has 1 aromatic carbocycles. The number of nitriles is 1. The van der Waals surface area contributed by atoms with Gasteiger partial charge in [0.1, 0.15) is 12.4 Å². The van der Waals surface area contributed by atoms with Crippen molar-refractivity contribution in [3.05, 3.63) is 40.6 Å². The highest BCUT2D eigenvalue weighted by Gasteiger charge is 2.34. The van der Waals surface area contributed by atoms with Crippen molar-refractivity contribution in [2.75, 3.05) is 56.2 Å². The number of carbonyl (C=O) groups is 1. The first-order valence-corrected chi connectivity index (χ1v) is 14.3. The number of hydrogen-bond acceptors (Lipinski definition) is 8. The number of aromatic nitrogens is 2. The van der Waals surface area contributed by atoms with Crippen molar-refractivity contribution < 1.29 is 9.53 Å². The molecule has 0 spiro atoms. The molecule has 2 fully saturated rings. The first-order valence-electron chi connectivity index (χ1n) is 14.3. The minimum atomic E-state index is -0.246. The summed E-state index contributed by atoms with van der Waals surface area (Å²) < 4.78 is 6.26. The van der Waals surface area contributed by atoms with Crippen LogP contribution in [0.2, 0.25) is 0 Å². The molecule has 2 aromatic rings. The zero-order chi connectivity index (χ0) is 28.2. The summed E-state index contributed by atoms with van der Waals surface area (Å²) in [5.41, 5.74) is 5.92. The lowest BCUT2D eigenvalue weighted by molar-refractivity contribution is -0.127. The maximum absolute atomic E-state index is 12.6. The van der Waals surface area contributed by atoms with Crippen LogP contribution in [0.15, 0.2) is 18.2 Å². The summed E-state index contributed by atoms with van der Waals surface area (Å²) in [5, 5.41) is 9.52. The molecule has 1 amide bonds. The smallest absolute Gasteiger partial charge is 0.318 e. The number of rotatable bonds is 6. The number of piperazine rings is 1. The van der Waals surface area contributed by atoms with E-state index in [2.05, 4.69) is 71.7 Å². The molecule has 0 unspecified atom stereocenters. The Balaban J connectivity index is 1.46. The molecule has 0 saturated carbocycles. The minimum absolute atomic E-state index is 0.221. The van der Waals surface area contributed by atoms with Crippen LogP contribution in [0.25, 0.3) is 0 Å². The Hall–Kier alpha value is -3.82. The van der Waals surface area contributed by atoms with E-state index >= 15 is 0 Å². The van der Waals surface area contributed by atoms with Gasteiger partial charge in [-0.3, -0.25) is 4.79 Å². The van der Waals surface area contributed by atoms with Crippen molar-refractivity contribution in [2.45, 2.75) is 65.1 Å². The first kappa shape index (κ1) is 27.7. The number of carbonyl (C=O) groups excluding carboxylic acids is 1. The SMILES string of the molecule is CC#CC(=O)N1CCN(c2nc(OC[C@@H]3CCCN3C)nc3c2CCN(c2cccc(C)c2C)C3)C[C@@H]1CC#N. The van der Waals surface area contributed by atoms with Crippen LogP contribution in [0.1, 0.15) is 48.6 Å². The number of amides is 1. The monoisotopic (exact) mass is 541 g/mol. The van der Waals surface area contributed by atoms with Crippen LogP contribution in [0.5, 0.6) is 6.01 Å². The summed E-state index contributed by atoms with van der Waals surface area (Å²) in [7, 11) is 2.14. The van der Waals surface area contributed by atoms with Gasteiger partial charge in [-0.25, -0.2) is 0 Å². The van der Waals surface area contributed by atoms with Crippen LogP contribution in [0.4, 0.5) is 11.5 Å². The van der Waals surface area contributed by atoms with Gasteiger partial charge >= 0.3 is 6.01 Å². The number of likely N-dealkylation sites (N-methyl/N-ethyl adjacent to an activating group) is 1. The third-order valence-electron chi connectivity index (χ3n) is 8.62. The van der Waals surface area contributed by atoms with Crippen LogP contribution in [0, 0.1) is 37.0 Å². The second kappa shape index (κ2) is 12.1. The van der Waals surface area contributed by atoms with Crippen LogP contribution in [-0.2, 0) is 17.8 Å². The Morgan fingerprint density at radius 1 is 1.12 bits per heavy atom. The molecule has 2 atom stereocenters. The summed E-state index contributed by atoms with van der Waals surface area (Å²) in [6.45, 7) is 10.8. The average molecular weight is 542 g/mol. The van der Waals surface area contributed by atoms with Gasteiger partial charge < -0.3 is 24.3 Å². The van der Waals surface area contributed by atoms with E-state index in [0.29, 0.717) is 44.8 Å². The van der Waals surface area contributed by atoms with Crippen LogP contribution < -0.4 is 14.5 Å². The Morgan fingerprint density at radius 2 is 1.98 bits per heavy atom. The molecule has 0 N–H and O–H groups in total. The van der Waals surface area contributed by atoms with Gasteiger partial charge in [0.15, 0.2) is 0 Å². The number of fused-ring (bicyclic) bond motifs is 1. The summed E-state index contributed by atoms with van der Waals surface area (Å²) in [6.07, 6.45) is 3.35. The van der Waals surface area contributed by atoms with E-state index in [1.807, 2.05) is 0 Å². The van der Waals surface area contributed by atoms with E-state index < -0.39 is 0 Å². The number of benzene rings is 1. The lowest BCUT2D eigenvalue weighted by Gasteiger charge is -2.42. The number of anilines is 2. The maximum Gasteiger partial charge on any atom is 0.318 e. The van der Waals surface area contributed by atoms with E-state index in [4.69, 9.17) is 14.7 Å². The van der Waals surface area contributed by atoms with Crippen molar-refractivity contribution in [1.29, 1.82) is 5.26 Å². The maximum atomic E-state index is 12.6. The molecule has 9 heteroatoms. The molecular formula is C31H39N7O2. The molecule has 0 bridgehead atoms. The zero-order valence-electron chi connectivity index (χ0n) is 24.1. The van der Waals surface area contributed by atoms with Crippen molar-refractivity contribution >= 4 is 17.4 Å². The molecule has 0 radical (unpaired) electrons. The topological polar surface area (TPSA) is 88.8 Å². The van der Waals surface area contributed by atoms with Gasteiger partial charge in [0.25, 0.3) is 5.91 Å². The highest BCUT2D eigenvalue weighted by molar-refractivity contribution is 5.93. The van der Waals surface area contributed by atoms with E-state index in [1.54, 1.807) is 11.8 Å². The van der Waals surface area contributed by atoms with Gasteiger partial charge in [0, 0.05) is 43.5 Å². The fourth-order valence-electron chi connectivity index (χ4n) is 6.13. The van der Waals surface area contributed by atoms with Gasteiger partial charge in [-0.15, -0.1) is 0 Å². The van der Waals surface area contributed by atoms with E-state index in [1.165, 1.54) is 23.2 Å². The lowest BCUT2D eigenvalue weighted by Crippen LogP contribution is -2.55. The van der Waals surface area contributed by atoms with Crippen LogP contribution >= 0.6 is 0 Å². The van der Waals surface area contributed by atoms with E-state index in [9.17, 15) is 10.1 Å². The van der Waals surface area contributed by atoms with E-state index in [-0.39, 0.29) is 18.4 Å². The third kappa shape index (κ3) is 5.71. The van der Waals surface area contributed by atoms with Crippen LogP contribution in [-0.4, -0.2) is 84.1 Å². The summed E-state index contributed by atoms with van der Waals surface area (Å²) in [6, 6.07) is 9.24. The van der Waals surface area contributed by atoms with Gasteiger partial charge in [-0.05, 0) is 76.7 Å². The molecule has 40 heavy (non-hydrogen) atoms.